The van der Waals surface area contributed by atoms with Crippen molar-refractivity contribution in [1.29, 1.82) is 5.41 Å². The third-order valence-electron chi connectivity index (χ3n) is 1.90. The van der Waals surface area contributed by atoms with E-state index in [2.05, 4.69) is 6.92 Å². The summed E-state index contributed by atoms with van der Waals surface area (Å²) in [5, 5.41) is 16.0. The highest BCUT2D eigenvalue weighted by atomic mass is 16.3. The number of hydrogen-bond acceptors (Lipinski definition) is 3. The van der Waals surface area contributed by atoms with Gasteiger partial charge in [0.2, 0.25) is 0 Å². The summed E-state index contributed by atoms with van der Waals surface area (Å²) in [6.45, 7) is 5.54. The number of hydrogen-bond donors (Lipinski definition) is 3. The minimum absolute atomic E-state index is 0.0582. The number of nitrogens with one attached hydrogen (secondary N) is 1. The van der Waals surface area contributed by atoms with Crippen LogP contribution in [0.5, 0.6) is 0 Å². The van der Waals surface area contributed by atoms with Crippen molar-refractivity contribution in [2.24, 2.45) is 5.73 Å². The molecule has 0 rings (SSSR count). The lowest BCUT2D eigenvalue weighted by atomic mass is 10.2. The zero-order valence-electron chi connectivity index (χ0n) is 7.88. The highest BCUT2D eigenvalue weighted by molar-refractivity contribution is 5.82. The average Bonchev–Trinajstić information content (AvgIpc) is 2.03. The highest BCUT2D eigenvalue weighted by Gasteiger charge is 2.14. The van der Waals surface area contributed by atoms with Gasteiger partial charge in [-0.05, 0) is 19.9 Å². The minimum Gasteiger partial charge on any atom is -0.395 e. The van der Waals surface area contributed by atoms with Crippen LogP contribution < -0.4 is 5.73 Å². The van der Waals surface area contributed by atoms with E-state index in [9.17, 15) is 0 Å². The van der Waals surface area contributed by atoms with Crippen molar-refractivity contribution in [3.63, 3.8) is 0 Å². The first-order valence-electron chi connectivity index (χ1n) is 4.32. The molecule has 0 saturated heterocycles. The van der Waals surface area contributed by atoms with Crippen LogP contribution in [0.15, 0.2) is 0 Å². The fraction of sp³-hybridized carbons (Fsp3) is 0.875. The maximum atomic E-state index is 8.74. The molecule has 0 spiro atoms. The van der Waals surface area contributed by atoms with Gasteiger partial charge in [0.1, 0.15) is 5.84 Å². The van der Waals surface area contributed by atoms with Crippen molar-refractivity contribution in [3.05, 3.63) is 0 Å². The van der Waals surface area contributed by atoms with Crippen molar-refractivity contribution in [3.8, 4) is 0 Å². The van der Waals surface area contributed by atoms with Gasteiger partial charge in [-0.2, -0.15) is 0 Å². The molecule has 0 aromatic rings. The summed E-state index contributed by atoms with van der Waals surface area (Å²) in [7, 11) is 0. The van der Waals surface area contributed by atoms with E-state index in [1.165, 1.54) is 0 Å². The molecule has 12 heavy (non-hydrogen) atoms. The van der Waals surface area contributed by atoms with Crippen LogP contribution in [0.2, 0.25) is 0 Å². The van der Waals surface area contributed by atoms with E-state index in [4.69, 9.17) is 16.2 Å². The highest BCUT2D eigenvalue weighted by Crippen LogP contribution is 1.99. The second kappa shape index (κ2) is 5.97. The SMILES string of the molecule is CCCN(CCO)C(C)C(=N)N. The lowest BCUT2D eigenvalue weighted by Crippen LogP contribution is -2.44. The molecule has 4 nitrogen and oxygen atoms in total. The molecule has 0 amide bonds. The molecule has 0 aromatic heterocycles. The van der Waals surface area contributed by atoms with Gasteiger partial charge in [0.25, 0.3) is 0 Å². The molecule has 0 aliphatic heterocycles. The van der Waals surface area contributed by atoms with Gasteiger partial charge in [0, 0.05) is 6.54 Å². The number of amidine groups is 1. The van der Waals surface area contributed by atoms with Gasteiger partial charge >= 0.3 is 0 Å². The Kier molecular flexibility index (Phi) is 5.66. The molecule has 1 atom stereocenters. The van der Waals surface area contributed by atoms with Gasteiger partial charge in [0.15, 0.2) is 0 Å². The monoisotopic (exact) mass is 173 g/mol. The van der Waals surface area contributed by atoms with Crippen LogP contribution in [0.25, 0.3) is 0 Å². The van der Waals surface area contributed by atoms with Crippen LogP contribution in [0.4, 0.5) is 0 Å². The number of nitrogens with zero attached hydrogens (tertiary/aromatic N) is 1. The molecule has 1 unspecified atom stereocenters. The molecule has 4 heteroatoms. The molecule has 0 aliphatic rings. The van der Waals surface area contributed by atoms with Crippen molar-refractivity contribution in [1.82, 2.24) is 4.90 Å². The van der Waals surface area contributed by atoms with E-state index in [0.717, 1.165) is 13.0 Å². The van der Waals surface area contributed by atoms with Crippen LogP contribution in [0.3, 0.4) is 0 Å². The van der Waals surface area contributed by atoms with Crippen molar-refractivity contribution < 1.29 is 5.11 Å². The Morgan fingerprint density at radius 2 is 2.17 bits per heavy atom. The zero-order chi connectivity index (χ0) is 9.56. The smallest absolute Gasteiger partial charge is 0.108 e. The third kappa shape index (κ3) is 3.69. The summed E-state index contributed by atoms with van der Waals surface area (Å²) in [6, 6.07) is -0.0582. The fourth-order valence-corrected chi connectivity index (χ4v) is 1.11. The Labute approximate surface area is 73.9 Å². The Morgan fingerprint density at radius 1 is 1.58 bits per heavy atom. The molecular weight excluding hydrogens is 154 g/mol. The molecular formula is C8H19N3O. The topological polar surface area (TPSA) is 73.3 Å². The second-order valence-corrected chi connectivity index (χ2v) is 2.89. The van der Waals surface area contributed by atoms with E-state index < -0.39 is 0 Å². The summed E-state index contributed by atoms with van der Waals surface area (Å²) in [5.41, 5.74) is 5.36. The van der Waals surface area contributed by atoms with E-state index in [1.54, 1.807) is 0 Å². The van der Waals surface area contributed by atoms with Crippen LogP contribution >= 0.6 is 0 Å². The fourth-order valence-electron chi connectivity index (χ4n) is 1.11. The molecule has 0 aliphatic carbocycles. The van der Waals surface area contributed by atoms with Gasteiger partial charge in [-0.1, -0.05) is 6.92 Å². The van der Waals surface area contributed by atoms with E-state index in [0.29, 0.717) is 6.54 Å². The van der Waals surface area contributed by atoms with Crippen molar-refractivity contribution in [2.75, 3.05) is 19.7 Å². The van der Waals surface area contributed by atoms with Gasteiger partial charge in [-0.25, -0.2) is 0 Å². The number of aliphatic hydroxyl groups is 1. The van der Waals surface area contributed by atoms with Gasteiger partial charge < -0.3 is 10.8 Å². The molecule has 0 bridgehead atoms. The minimum atomic E-state index is -0.0582. The predicted octanol–water partition coefficient (Wildman–Crippen LogP) is 0.0152. The molecule has 0 heterocycles. The van der Waals surface area contributed by atoms with E-state index >= 15 is 0 Å². The molecule has 0 aromatic carbocycles. The largest absolute Gasteiger partial charge is 0.395 e. The molecule has 72 valence electrons. The standard InChI is InChI=1S/C8H19N3O/c1-3-4-11(5-6-12)7(2)8(9)10/h7,12H,3-6H2,1-2H3,(H3,9,10). The van der Waals surface area contributed by atoms with E-state index in [1.807, 2.05) is 11.8 Å². The van der Waals surface area contributed by atoms with Gasteiger partial charge in [-0.3, -0.25) is 10.3 Å². The second-order valence-electron chi connectivity index (χ2n) is 2.89. The van der Waals surface area contributed by atoms with E-state index in [-0.39, 0.29) is 18.5 Å². The Morgan fingerprint density at radius 3 is 2.50 bits per heavy atom. The number of rotatable bonds is 6. The molecule has 0 saturated carbocycles. The maximum Gasteiger partial charge on any atom is 0.108 e. The Balaban J connectivity index is 3.98. The summed E-state index contributed by atoms with van der Waals surface area (Å²) >= 11 is 0. The van der Waals surface area contributed by atoms with Crippen LogP contribution in [0, 0.1) is 5.41 Å². The summed E-state index contributed by atoms with van der Waals surface area (Å²) in [4.78, 5) is 2.00. The predicted molar refractivity (Wildman–Crippen MR) is 50.3 cm³/mol. The van der Waals surface area contributed by atoms with Crippen LogP contribution in [-0.4, -0.2) is 41.6 Å². The lowest BCUT2D eigenvalue weighted by Gasteiger charge is -2.26. The average molecular weight is 173 g/mol. The summed E-state index contributed by atoms with van der Waals surface area (Å²) in [6.07, 6.45) is 1.01. The van der Waals surface area contributed by atoms with Crippen LogP contribution in [-0.2, 0) is 0 Å². The quantitative estimate of drug-likeness (QED) is 0.391. The first-order chi connectivity index (χ1) is 5.63. The van der Waals surface area contributed by atoms with Gasteiger partial charge in [-0.15, -0.1) is 0 Å². The van der Waals surface area contributed by atoms with Gasteiger partial charge in [0.05, 0.1) is 12.6 Å². The first kappa shape index (κ1) is 11.4. The zero-order valence-corrected chi connectivity index (χ0v) is 7.88. The van der Waals surface area contributed by atoms with Crippen molar-refractivity contribution in [2.45, 2.75) is 26.3 Å². The number of nitrogens with two attached hydrogens (primary N) is 1. The molecule has 0 radical (unpaired) electrons. The Hall–Kier alpha value is -0.610. The normalized spacial score (nSPS) is 13.3. The number of aliphatic hydroxyl groups excluding tert-OH is 1. The van der Waals surface area contributed by atoms with Crippen molar-refractivity contribution >= 4 is 5.84 Å². The molecule has 0 fully saturated rings. The summed E-state index contributed by atoms with van der Waals surface area (Å²) in [5.74, 6) is 0.164. The molecule has 4 N–H and O–H groups in total. The third-order valence-corrected chi connectivity index (χ3v) is 1.90. The Bertz CT molecular complexity index is 132. The maximum absolute atomic E-state index is 8.74. The lowest BCUT2D eigenvalue weighted by molar-refractivity contribution is 0.183. The first-order valence-corrected chi connectivity index (χ1v) is 4.32. The van der Waals surface area contributed by atoms with Crippen LogP contribution in [0.1, 0.15) is 20.3 Å². The summed E-state index contributed by atoms with van der Waals surface area (Å²) < 4.78 is 0.